The number of benzene rings is 1. The van der Waals surface area contributed by atoms with Gasteiger partial charge in [-0.25, -0.2) is 4.79 Å². The number of aromatic nitrogens is 2. The van der Waals surface area contributed by atoms with Crippen molar-refractivity contribution >= 4 is 24.0 Å². The van der Waals surface area contributed by atoms with Gasteiger partial charge in [-0.3, -0.25) is 0 Å². The van der Waals surface area contributed by atoms with Crippen LogP contribution in [0.15, 0.2) is 22.7 Å². The Morgan fingerprint density at radius 2 is 2.11 bits per heavy atom. The lowest BCUT2D eigenvalue weighted by Crippen LogP contribution is -2.48. The van der Waals surface area contributed by atoms with Crippen LogP contribution in [0.5, 0.6) is 0 Å². The zero-order valence-electron chi connectivity index (χ0n) is 15.6. The largest absolute Gasteiger partial charge is 0.453 e. The van der Waals surface area contributed by atoms with Crippen molar-refractivity contribution in [2.75, 3.05) is 56.7 Å². The smallest absolute Gasteiger partial charge is 0.409 e. The molecule has 148 valence electrons. The molecule has 2 fully saturated rings. The van der Waals surface area contributed by atoms with Crippen LogP contribution in [-0.2, 0) is 9.47 Å². The van der Waals surface area contributed by atoms with E-state index >= 15 is 0 Å². The van der Waals surface area contributed by atoms with E-state index in [1.54, 1.807) is 4.90 Å². The van der Waals surface area contributed by atoms with Crippen molar-refractivity contribution in [3.05, 3.63) is 23.8 Å². The Labute approximate surface area is 161 Å². The Hall–Kier alpha value is -3.14. The fraction of sp³-hybridized carbons (Fsp3) is 0.444. The van der Waals surface area contributed by atoms with E-state index in [2.05, 4.69) is 15.5 Å². The predicted octanol–water partition coefficient (Wildman–Crippen LogP) is 1.43. The summed E-state index contributed by atoms with van der Waals surface area (Å²) in [5.41, 5.74) is 2.44. The molecule has 2 aliphatic rings. The fourth-order valence-corrected chi connectivity index (χ4v) is 3.16. The summed E-state index contributed by atoms with van der Waals surface area (Å²) < 4.78 is 15.4. The first-order valence-electron chi connectivity index (χ1n) is 9.08. The predicted molar refractivity (Wildman–Crippen MR) is 102 cm³/mol. The first kappa shape index (κ1) is 18.2. The van der Waals surface area contributed by atoms with Crippen molar-refractivity contribution in [1.82, 2.24) is 15.0 Å². The van der Waals surface area contributed by atoms with Gasteiger partial charge in [0, 0.05) is 49.2 Å². The minimum absolute atomic E-state index is 0.251. The van der Waals surface area contributed by atoms with E-state index in [4.69, 9.17) is 19.4 Å². The molecule has 0 bridgehead atoms. The molecule has 0 radical (unpaired) electrons. The molecule has 0 aliphatic carbocycles. The van der Waals surface area contributed by atoms with E-state index in [1.807, 2.05) is 23.1 Å². The van der Waals surface area contributed by atoms with Crippen LogP contribution in [0.25, 0.3) is 11.4 Å². The second kappa shape index (κ2) is 7.85. The molecule has 3 heterocycles. The van der Waals surface area contributed by atoms with Crippen LogP contribution in [0.4, 0.5) is 16.5 Å². The van der Waals surface area contributed by atoms with Gasteiger partial charge in [0.25, 0.3) is 0 Å². The van der Waals surface area contributed by atoms with Crippen molar-refractivity contribution in [1.29, 1.82) is 5.41 Å². The topological polar surface area (TPSA) is 117 Å². The Morgan fingerprint density at radius 1 is 1.32 bits per heavy atom. The SMILES string of the molecule is COC(=O)N1CCN(c2nc(-c3ccc(C=N)c(NC4COC4)c3)no2)CC1. The molecular weight excluding hydrogens is 364 g/mol. The first-order chi connectivity index (χ1) is 13.7. The average Bonchev–Trinajstić information content (AvgIpc) is 3.20. The molecule has 0 unspecified atom stereocenters. The molecule has 28 heavy (non-hydrogen) atoms. The Kier molecular flexibility index (Phi) is 5.11. The minimum Gasteiger partial charge on any atom is -0.453 e. The quantitative estimate of drug-likeness (QED) is 0.742. The van der Waals surface area contributed by atoms with Gasteiger partial charge in [-0.15, -0.1) is 0 Å². The summed E-state index contributed by atoms with van der Waals surface area (Å²) >= 11 is 0. The zero-order valence-corrected chi connectivity index (χ0v) is 15.6. The lowest BCUT2D eigenvalue weighted by Gasteiger charge is -2.32. The van der Waals surface area contributed by atoms with Gasteiger partial charge in [0.2, 0.25) is 5.82 Å². The number of carbonyl (C=O) groups is 1. The van der Waals surface area contributed by atoms with Crippen molar-refractivity contribution < 1.29 is 18.8 Å². The highest BCUT2D eigenvalue weighted by atomic mass is 16.5. The summed E-state index contributed by atoms with van der Waals surface area (Å²) in [6.45, 7) is 3.58. The molecule has 4 rings (SSSR count). The van der Waals surface area contributed by atoms with Crippen LogP contribution in [0.1, 0.15) is 5.56 Å². The highest BCUT2D eigenvalue weighted by Crippen LogP contribution is 2.26. The van der Waals surface area contributed by atoms with Crippen LogP contribution in [0, 0.1) is 5.41 Å². The number of nitrogens with zero attached hydrogens (tertiary/aromatic N) is 4. The third-order valence-electron chi connectivity index (χ3n) is 4.86. The number of ether oxygens (including phenoxy) is 2. The summed E-state index contributed by atoms with van der Waals surface area (Å²) in [4.78, 5) is 19.7. The molecule has 10 heteroatoms. The molecule has 0 spiro atoms. The van der Waals surface area contributed by atoms with Crippen LogP contribution in [-0.4, -0.2) is 79.9 Å². The maximum atomic E-state index is 11.6. The third kappa shape index (κ3) is 3.63. The van der Waals surface area contributed by atoms with Gasteiger partial charge < -0.3 is 34.5 Å². The number of anilines is 2. The van der Waals surface area contributed by atoms with E-state index in [9.17, 15) is 4.79 Å². The van der Waals surface area contributed by atoms with Gasteiger partial charge >= 0.3 is 12.1 Å². The number of hydrogen-bond acceptors (Lipinski definition) is 9. The van der Waals surface area contributed by atoms with E-state index in [0.29, 0.717) is 51.2 Å². The van der Waals surface area contributed by atoms with Gasteiger partial charge in [-0.05, 0) is 6.07 Å². The van der Waals surface area contributed by atoms with E-state index in [0.717, 1.165) is 16.8 Å². The van der Waals surface area contributed by atoms with E-state index in [1.165, 1.54) is 13.3 Å². The average molecular weight is 386 g/mol. The van der Waals surface area contributed by atoms with Crippen molar-refractivity contribution in [2.24, 2.45) is 0 Å². The Balaban J connectivity index is 1.47. The molecule has 1 aromatic carbocycles. The number of piperazine rings is 1. The molecule has 2 saturated heterocycles. The Bertz CT molecular complexity index is 858. The molecule has 10 nitrogen and oxygen atoms in total. The van der Waals surface area contributed by atoms with Gasteiger partial charge in [0.1, 0.15) is 0 Å². The van der Waals surface area contributed by atoms with Crippen LogP contribution in [0.2, 0.25) is 0 Å². The minimum atomic E-state index is -0.325. The normalized spacial score (nSPS) is 17.2. The van der Waals surface area contributed by atoms with Crippen molar-refractivity contribution in [3.8, 4) is 11.4 Å². The van der Waals surface area contributed by atoms with Crippen molar-refractivity contribution in [3.63, 3.8) is 0 Å². The van der Waals surface area contributed by atoms with Crippen LogP contribution in [0.3, 0.4) is 0 Å². The molecule has 2 aromatic rings. The third-order valence-corrected chi connectivity index (χ3v) is 4.86. The lowest BCUT2D eigenvalue weighted by molar-refractivity contribution is 0.0211. The summed E-state index contributed by atoms with van der Waals surface area (Å²) in [6, 6.07) is 6.32. The number of nitrogens with one attached hydrogen (secondary N) is 2. The number of carbonyl (C=O) groups excluding carboxylic acids is 1. The van der Waals surface area contributed by atoms with Crippen LogP contribution >= 0.6 is 0 Å². The maximum absolute atomic E-state index is 11.6. The molecular formula is C18H22N6O4. The summed E-state index contributed by atoms with van der Waals surface area (Å²) in [5, 5.41) is 15.1. The van der Waals surface area contributed by atoms with Gasteiger partial charge in [-0.2, -0.15) is 4.98 Å². The standard InChI is InChI=1S/C18H22N6O4/c1-26-18(25)24-6-4-23(5-7-24)17-21-16(22-28-17)12-2-3-13(9-19)15(8-12)20-14-10-27-11-14/h2-3,8-9,14,19-20H,4-7,10-11H2,1H3. The highest BCUT2D eigenvalue weighted by molar-refractivity contribution is 5.87. The second-order valence-corrected chi connectivity index (χ2v) is 6.67. The first-order valence-corrected chi connectivity index (χ1v) is 9.08. The summed E-state index contributed by atoms with van der Waals surface area (Å²) in [7, 11) is 1.38. The van der Waals surface area contributed by atoms with Crippen LogP contribution < -0.4 is 10.2 Å². The molecule has 1 aromatic heterocycles. The number of hydrogen-bond donors (Lipinski definition) is 2. The summed E-state index contributed by atoms with van der Waals surface area (Å²) in [5.74, 6) is 0.481. The highest BCUT2D eigenvalue weighted by Gasteiger charge is 2.25. The molecule has 0 saturated carbocycles. The number of amides is 1. The molecule has 2 N–H and O–H groups in total. The van der Waals surface area contributed by atoms with Gasteiger partial charge in [-0.1, -0.05) is 17.3 Å². The van der Waals surface area contributed by atoms with Gasteiger partial charge in [0.05, 0.1) is 26.4 Å². The fourth-order valence-electron chi connectivity index (χ4n) is 3.16. The van der Waals surface area contributed by atoms with Crippen molar-refractivity contribution in [2.45, 2.75) is 6.04 Å². The zero-order chi connectivity index (χ0) is 19.5. The maximum Gasteiger partial charge on any atom is 0.409 e. The molecule has 1 amide bonds. The Morgan fingerprint density at radius 3 is 2.75 bits per heavy atom. The second-order valence-electron chi connectivity index (χ2n) is 6.67. The number of rotatable bonds is 5. The van der Waals surface area contributed by atoms with Gasteiger partial charge in [0.15, 0.2) is 0 Å². The molecule has 2 aliphatic heterocycles. The number of methoxy groups -OCH3 is 1. The monoisotopic (exact) mass is 386 g/mol. The molecule has 0 atom stereocenters. The van der Waals surface area contributed by atoms with E-state index in [-0.39, 0.29) is 12.1 Å². The van der Waals surface area contributed by atoms with E-state index < -0.39 is 0 Å². The lowest BCUT2D eigenvalue weighted by atomic mass is 10.1. The summed E-state index contributed by atoms with van der Waals surface area (Å²) in [6.07, 6.45) is 0.989.